The monoisotopic (exact) mass is 403 g/mol. The number of carbonyl (C=O) groups excluding carboxylic acids is 2. The molecule has 1 fully saturated rings. The van der Waals surface area contributed by atoms with Crippen LogP contribution in [0.25, 0.3) is 10.9 Å². The smallest absolute Gasteiger partial charge is 0.264 e. The van der Waals surface area contributed by atoms with Gasteiger partial charge in [-0.25, -0.2) is 4.98 Å². The van der Waals surface area contributed by atoms with E-state index in [1.54, 1.807) is 41.8 Å². The number of aromatic nitrogens is 2. The lowest BCUT2D eigenvalue weighted by Gasteiger charge is -2.57. The maximum atomic E-state index is 14.2. The van der Waals surface area contributed by atoms with Gasteiger partial charge in [0, 0.05) is 30.7 Å². The molecule has 1 aromatic carbocycles. The number of benzene rings is 1. The number of piperidine rings is 1. The lowest BCUT2D eigenvalue weighted by atomic mass is 9.54. The molecule has 2 heterocycles. The summed E-state index contributed by atoms with van der Waals surface area (Å²) < 4.78 is 41.9. The SMILES string of the molecule is [2H]c1cc([2H])c2nc(C([2H])([2H])[2H])n(C3(C)C(=O)N(C)C(=O)C(C)(C)C3(C)C)c(=O)c2c1N(C)C. The van der Waals surface area contributed by atoms with E-state index in [-0.39, 0.29) is 28.7 Å². The molecule has 7 heteroatoms. The van der Waals surface area contributed by atoms with Gasteiger partial charge in [0.15, 0.2) is 0 Å². The topological polar surface area (TPSA) is 75.5 Å². The van der Waals surface area contributed by atoms with Gasteiger partial charge in [-0.2, -0.15) is 0 Å². The second-order valence-electron chi connectivity index (χ2n) is 8.97. The molecule has 0 saturated carbocycles. The van der Waals surface area contributed by atoms with Crippen molar-refractivity contribution in [2.45, 2.75) is 47.0 Å². The number of aryl methyl sites for hydroxylation is 1. The number of fused-ring (bicyclic) bond motifs is 1. The fraction of sp³-hybridized carbons (Fsp3) is 0.545. The Kier molecular flexibility index (Phi) is 3.22. The maximum Gasteiger partial charge on any atom is 0.264 e. The van der Waals surface area contributed by atoms with Crippen LogP contribution in [-0.2, 0) is 15.1 Å². The van der Waals surface area contributed by atoms with E-state index in [2.05, 4.69) is 4.98 Å². The van der Waals surface area contributed by atoms with E-state index in [0.717, 1.165) is 9.47 Å². The molecule has 2 aromatic rings. The van der Waals surface area contributed by atoms with Crippen LogP contribution in [0.2, 0.25) is 0 Å². The Balaban J connectivity index is 2.68. The highest BCUT2D eigenvalue weighted by Crippen LogP contribution is 2.55. The molecule has 0 aliphatic carbocycles. The zero-order valence-corrected chi connectivity index (χ0v) is 18.1. The molecule has 0 spiro atoms. The molecule has 0 N–H and O–H groups in total. The van der Waals surface area contributed by atoms with Crippen LogP contribution >= 0.6 is 0 Å². The number of hydrogen-bond donors (Lipinski definition) is 0. The molecule has 3 rings (SSSR count). The van der Waals surface area contributed by atoms with Crippen molar-refractivity contribution in [2.24, 2.45) is 10.8 Å². The first-order valence-electron chi connectivity index (χ1n) is 11.8. The highest BCUT2D eigenvalue weighted by Gasteiger charge is 2.65. The normalized spacial score (nSPS) is 26.5. The molecule has 2 amide bonds. The van der Waals surface area contributed by atoms with Gasteiger partial charge >= 0.3 is 0 Å². The van der Waals surface area contributed by atoms with E-state index >= 15 is 0 Å². The van der Waals surface area contributed by atoms with Crippen LogP contribution in [0.15, 0.2) is 22.9 Å². The van der Waals surface area contributed by atoms with E-state index < -0.39 is 46.4 Å². The molecule has 1 aromatic heterocycles. The van der Waals surface area contributed by atoms with E-state index in [0.29, 0.717) is 0 Å². The minimum Gasteiger partial charge on any atom is -0.377 e. The molecule has 29 heavy (non-hydrogen) atoms. The first kappa shape index (κ1) is 15.2. The van der Waals surface area contributed by atoms with Crippen molar-refractivity contribution < 1.29 is 16.4 Å². The first-order valence-corrected chi connectivity index (χ1v) is 9.32. The minimum atomic E-state index is -2.92. The van der Waals surface area contributed by atoms with E-state index in [4.69, 9.17) is 6.85 Å². The van der Waals surface area contributed by atoms with Crippen molar-refractivity contribution in [2.75, 3.05) is 26.0 Å². The van der Waals surface area contributed by atoms with Crippen LogP contribution in [0, 0.1) is 17.7 Å². The van der Waals surface area contributed by atoms with Crippen molar-refractivity contribution in [1.29, 1.82) is 0 Å². The molecular formula is C22H30N4O3. The fourth-order valence-electron chi connectivity index (χ4n) is 4.21. The molecule has 1 aliphatic rings. The number of rotatable bonds is 2. The molecule has 1 saturated heterocycles. The minimum absolute atomic E-state index is 0.110. The van der Waals surface area contributed by atoms with Gasteiger partial charge in [0.25, 0.3) is 11.5 Å². The standard InChI is InChI=1S/C22H30N4O3/c1-13-23-14-11-10-12-15(24(7)8)16(14)17(27)26(13)22(6)19(29)25(9)18(28)20(2,3)21(22,4)5/h10-12H,1-9H3/i1D3,11D,12D. The Hall–Kier alpha value is -2.70. The molecule has 1 aliphatic heterocycles. The fourth-order valence-corrected chi connectivity index (χ4v) is 4.21. The molecule has 1 unspecified atom stereocenters. The van der Waals surface area contributed by atoms with E-state index in [1.807, 2.05) is 0 Å². The van der Waals surface area contributed by atoms with Gasteiger partial charge in [-0.05, 0) is 25.9 Å². The second kappa shape index (κ2) is 6.15. The van der Waals surface area contributed by atoms with Crippen LogP contribution in [0.1, 0.15) is 47.3 Å². The van der Waals surface area contributed by atoms with E-state index in [1.165, 1.54) is 24.9 Å². The van der Waals surface area contributed by atoms with Crippen LogP contribution < -0.4 is 10.5 Å². The summed E-state index contributed by atoms with van der Waals surface area (Å²) in [4.78, 5) is 47.6. The average molecular weight is 404 g/mol. The lowest BCUT2D eigenvalue weighted by Crippen LogP contribution is -2.71. The number of hydrogen-bond acceptors (Lipinski definition) is 5. The predicted molar refractivity (Wildman–Crippen MR) is 114 cm³/mol. The summed E-state index contributed by atoms with van der Waals surface area (Å²) in [5.41, 5.74) is -5.09. The van der Waals surface area contributed by atoms with Gasteiger partial charge in [0.1, 0.15) is 11.4 Å². The van der Waals surface area contributed by atoms with Crippen LogP contribution in [0.4, 0.5) is 5.69 Å². The highest BCUT2D eigenvalue weighted by atomic mass is 16.2. The summed E-state index contributed by atoms with van der Waals surface area (Å²) in [7, 11) is 4.54. The molecule has 7 nitrogen and oxygen atoms in total. The summed E-state index contributed by atoms with van der Waals surface area (Å²) in [6.45, 7) is 5.14. The van der Waals surface area contributed by atoms with Gasteiger partial charge in [0.2, 0.25) is 5.91 Å². The zero-order valence-electron chi connectivity index (χ0n) is 23.1. The van der Waals surface area contributed by atoms with Gasteiger partial charge in [-0.3, -0.25) is 23.9 Å². The number of imide groups is 1. The van der Waals surface area contributed by atoms with Crippen molar-refractivity contribution in [1.82, 2.24) is 14.5 Å². The van der Waals surface area contributed by atoms with Crippen molar-refractivity contribution in [3.05, 3.63) is 34.3 Å². The Morgan fingerprint density at radius 2 is 1.69 bits per heavy atom. The highest BCUT2D eigenvalue weighted by molar-refractivity contribution is 6.05. The molecular weight excluding hydrogens is 368 g/mol. The Morgan fingerprint density at radius 3 is 2.24 bits per heavy atom. The maximum absolute atomic E-state index is 14.2. The Bertz CT molecular complexity index is 1300. The molecule has 156 valence electrons. The Morgan fingerprint density at radius 1 is 1.07 bits per heavy atom. The summed E-state index contributed by atoms with van der Waals surface area (Å²) in [5, 5.41) is -0.127. The van der Waals surface area contributed by atoms with Crippen LogP contribution in [0.3, 0.4) is 0 Å². The average Bonchev–Trinajstić information content (AvgIpc) is 2.69. The number of carbonyl (C=O) groups is 2. The van der Waals surface area contributed by atoms with Gasteiger partial charge in [-0.15, -0.1) is 0 Å². The Labute approximate surface area is 178 Å². The van der Waals surface area contributed by atoms with Crippen LogP contribution in [0.5, 0.6) is 0 Å². The van der Waals surface area contributed by atoms with E-state index in [9.17, 15) is 14.4 Å². The first-order chi connectivity index (χ1) is 15.2. The van der Waals surface area contributed by atoms with Crippen LogP contribution in [-0.4, -0.2) is 47.4 Å². The van der Waals surface area contributed by atoms with Crippen molar-refractivity contribution in [3.63, 3.8) is 0 Å². The zero-order chi connectivity index (χ0) is 26.3. The number of nitrogens with zero attached hydrogens (tertiary/aromatic N) is 4. The van der Waals surface area contributed by atoms with Gasteiger partial charge in [0.05, 0.1) is 24.7 Å². The number of anilines is 1. The van der Waals surface area contributed by atoms with Crippen molar-refractivity contribution >= 4 is 28.4 Å². The summed E-state index contributed by atoms with van der Waals surface area (Å²) in [5.74, 6) is -1.84. The number of likely N-dealkylation sites (tertiary alicyclic amines) is 1. The van der Waals surface area contributed by atoms with Gasteiger partial charge in [-0.1, -0.05) is 33.8 Å². The second-order valence-corrected chi connectivity index (χ2v) is 8.97. The summed E-state index contributed by atoms with van der Waals surface area (Å²) in [6, 6.07) is 0.819. The molecule has 0 bridgehead atoms. The van der Waals surface area contributed by atoms with Crippen molar-refractivity contribution in [3.8, 4) is 0 Å². The summed E-state index contributed by atoms with van der Waals surface area (Å²) >= 11 is 0. The third-order valence-corrected chi connectivity index (χ3v) is 6.97. The quantitative estimate of drug-likeness (QED) is 0.721. The summed E-state index contributed by atoms with van der Waals surface area (Å²) in [6.07, 6.45) is 0. The lowest BCUT2D eigenvalue weighted by molar-refractivity contribution is -0.181. The molecule has 0 radical (unpaired) electrons. The van der Waals surface area contributed by atoms with Gasteiger partial charge < -0.3 is 4.90 Å². The molecule has 1 atom stereocenters. The number of amides is 2. The largest absolute Gasteiger partial charge is 0.377 e. The number of likely N-dealkylation sites (N-methyl/N-ethyl adjacent to an activating group) is 1. The third kappa shape index (κ3) is 2.42. The third-order valence-electron chi connectivity index (χ3n) is 6.97. The predicted octanol–water partition coefficient (Wildman–Crippen LogP) is 2.54.